The Kier molecular flexibility index (Phi) is 6.34. The second kappa shape index (κ2) is 8.91. The standard InChI is InChI=1S/C21H22ClN3O3/c1-25(12-14-8-4-3-5-9-14)13-17-18(20(26)28-2)19(24-21(27)23-17)15-10-6-7-11-16(15)22/h3-11,19H,12-13H2,1-2H3,(H2,23,24,27)/t19-/m1/s1. The summed E-state index contributed by atoms with van der Waals surface area (Å²) in [6, 6.07) is 16.0. The number of nitrogens with one attached hydrogen (secondary N) is 2. The van der Waals surface area contributed by atoms with E-state index in [2.05, 4.69) is 10.6 Å². The second-order valence-corrected chi connectivity index (χ2v) is 7.00. The van der Waals surface area contributed by atoms with E-state index >= 15 is 0 Å². The van der Waals surface area contributed by atoms with Crippen LogP contribution in [0, 0.1) is 0 Å². The molecule has 0 aromatic heterocycles. The highest BCUT2D eigenvalue weighted by Crippen LogP contribution is 2.32. The predicted octanol–water partition coefficient (Wildman–Crippen LogP) is 3.25. The first kappa shape index (κ1) is 19.9. The molecule has 0 saturated carbocycles. The van der Waals surface area contributed by atoms with Crippen LogP contribution in [0.15, 0.2) is 65.9 Å². The number of hydrogen-bond donors (Lipinski definition) is 2. The Hall–Kier alpha value is -2.83. The molecule has 1 aliphatic rings. The van der Waals surface area contributed by atoms with Gasteiger partial charge in [0, 0.05) is 23.8 Å². The van der Waals surface area contributed by atoms with Crippen molar-refractivity contribution < 1.29 is 14.3 Å². The van der Waals surface area contributed by atoms with Gasteiger partial charge in [-0.3, -0.25) is 4.90 Å². The van der Waals surface area contributed by atoms with E-state index in [0.717, 1.165) is 5.56 Å². The molecule has 3 rings (SSSR count). The summed E-state index contributed by atoms with van der Waals surface area (Å²) in [5, 5.41) is 6.01. The lowest BCUT2D eigenvalue weighted by Crippen LogP contribution is -2.48. The zero-order valence-corrected chi connectivity index (χ0v) is 16.5. The number of rotatable bonds is 6. The zero-order valence-electron chi connectivity index (χ0n) is 15.7. The van der Waals surface area contributed by atoms with Crippen LogP contribution in [-0.4, -0.2) is 37.6 Å². The Labute approximate surface area is 169 Å². The van der Waals surface area contributed by atoms with Crippen LogP contribution in [0.4, 0.5) is 4.79 Å². The van der Waals surface area contributed by atoms with Crippen LogP contribution in [0.3, 0.4) is 0 Å². The lowest BCUT2D eigenvalue weighted by atomic mass is 9.95. The number of urea groups is 1. The second-order valence-electron chi connectivity index (χ2n) is 6.59. The molecule has 0 fully saturated rings. The molecule has 2 aromatic rings. The van der Waals surface area contributed by atoms with E-state index in [1.165, 1.54) is 7.11 Å². The molecule has 0 radical (unpaired) electrons. The first-order valence-corrected chi connectivity index (χ1v) is 9.23. The third-order valence-corrected chi connectivity index (χ3v) is 4.84. The summed E-state index contributed by atoms with van der Waals surface area (Å²) in [7, 11) is 3.24. The van der Waals surface area contributed by atoms with Crippen molar-refractivity contribution in [2.75, 3.05) is 20.7 Å². The van der Waals surface area contributed by atoms with Crippen molar-refractivity contribution in [2.24, 2.45) is 0 Å². The van der Waals surface area contributed by atoms with E-state index in [4.69, 9.17) is 16.3 Å². The molecule has 1 aliphatic heterocycles. The van der Waals surface area contributed by atoms with E-state index in [0.29, 0.717) is 34.9 Å². The Balaban J connectivity index is 1.95. The number of likely N-dealkylation sites (N-methyl/N-ethyl adjacent to an activating group) is 1. The van der Waals surface area contributed by atoms with Gasteiger partial charge in [0.2, 0.25) is 0 Å². The van der Waals surface area contributed by atoms with Gasteiger partial charge in [-0.25, -0.2) is 9.59 Å². The Morgan fingerprint density at radius 1 is 1.11 bits per heavy atom. The molecular weight excluding hydrogens is 378 g/mol. The molecule has 2 N–H and O–H groups in total. The number of carbonyl (C=O) groups is 2. The predicted molar refractivity (Wildman–Crippen MR) is 108 cm³/mol. The first-order valence-electron chi connectivity index (χ1n) is 8.85. The molecule has 0 spiro atoms. The molecule has 28 heavy (non-hydrogen) atoms. The van der Waals surface area contributed by atoms with Crippen molar-refractivity contribution in [3.8, 4) is 0 Å². The van der Waals surface area contributed by atoms with Gasteiger partial charge in [0.05, 0.1) is 18.7 Å². The van der Waals surface area contributed by atoms with Crippen molar-refractivity contribution in [3.63, 3.8) is 0 Å². The highest BCUT2D eigenvalue weighted by molar-refractivity contribution is 6.31. The number of carbonyl (C=O) groups excluding carboxylic acids is 2. The normalized spacial score (nSPS) is 16.6. The Morgan fingerprint density at radius 3 is 2.46 bits per heavy atom. The average Bonchev–Trinajstić information content (AvgIpc) is 2.68. The van der Waals surface area contributed by atoms with Crippen LogP contribution >= 0.6 is 11.6 Å². The topological polar surface area (TPSA) is 70.7 Å². The third-order valence-electron chi connectivity index (χ3n) is 4.50. The van der Waals surface area contributed by atoms with Crippen molar-refractivity contribution >= 4 is 23.6 Å². The van der Waals surface area contributed by atoms with Gasteiger partial charge in [0.25, 0.3) is 0 Å². The summed E-state index contributed by atoms with van der Waals surface area (Å²) in [5.74, 6) is -0.513. The van der Waals surface area contributed by atoms with Gasteiger partial charge in [-0.15, -0.1) is 0 Å². The van der Waals surface area contributed by atoms with Crippen LogP contribution in [0.5, 0.6) is 0 Å². The molecule has 0 unspecified atom stereocenters. The van der Waals surface area contributed by atoms with E-state index < -0.39 is 12.0 Å². The van der Waals surface area contributed by atoms with Crippen molar-refractivity contribution in [1.29, 1.82) is 0 Å². The van der Waals surface area contributed by atoms with Gasteiger partial charge >= 0.3 is 12.0 Å². The quantitative estimate of drug-likeness (QED) is 0.731. The monoisotopic (exact) mass is 399 g/mol. The van der Waals surface area contributed by atoms with Crippen LogP contribution in [-0.2, 0) is 16.1 Å². The first-order chi connectivity index (χ1) is 13.5. The number of amides is 2. The Bertz CT molecular complexity index is 899. The minimum absolute atomic E-state index is 0.343. The van der Waals surface area contributed by atoms with Gasteiger partial charge in [0.1, 0.15) is 0 Å². The average molecular weight is 400 g/mol. The summed E-state index contributed by atoms with van der Waals surface area (Å²) >= 11 is 6.32. The Morgan fingerprint density at radius 2 is 1.79 bits per heavy atom. The van der Waals surface area contributed by atoms with Gasteiger partial charge in [-0.05, 0) is 24.2 Å². The number of methoxy groups -OCH3 is 1. The van der Waals surface area contributed by atoms with Crippen molar-refractivity contribution in [1.82, 2.24) is 15.5 Å². The highest BCUT2D eigenvalue weighted by atomic mass is 35.5. The molecular formula is C21H22ClN3O3. The molecule has 146 valence electrons. The molecule has 1 atom stereocenters. The minimum atomic E-state index is -0.685. The highest BCUT2D eigenvalue weighted by Gasteiger charge is 2.34. The minimum Gasteiger partial charge on any atom is -0.466 e. The number of hydrogen-bond acceptors (Lipinski definition) is 4. The molecule has 2 aromatic carbocycles. The molecule has 1 heterocycles. The largest absolute Gasteiger partial charge is 0.466 e. The number of halogens is 1. The van der Waals surface area contributed by atoms with Crippen LogP contribution in [0.25, 0.3) is 0 Å². The maximum absolute atomic E-state index is 12.6. The molecule has 0 aliphatic carbocycles. The number of ether oxygens (including phenoxy) is 1. The molecule has 6 nitrogen and oxygen atoms in total. The van der Waals surface area contributed by atoms with Crippen molar-refractivity contribution in [3.05, 3.63) is 82.0 Å². The summed E-state index contributed by atoms with van der Waals surface area (Å²) < 4.78 is 5.00. The fraction of sp³-hybridized carbons (Fsp3) is 0.238. The van der Waals surface area contributed by atoms with E-state index in [9.17, 15) is 9.59 Å². The summed E-state index contributed by atoms with van der Waals surface area (Å²) in [5.41, 5.74) is 2.62. The maximum Gasteiger partial charge on any atom is 0.338 e. The van der Waals surface area contributed by atoms with Crippen molar-refractivity contribution in [2.45, 2.75) is 12.6 Å². The van der Waals surface area contributed by atoms with E-state index in [1.54, 1.807) is 18.2 Å². The lowest BCUT2D eigenvalue weighted by molar-refractivity contribution is -0.136. The molecule has 0 saturated heterocycles. The smallest absolute Gasteiger partial charge is 0.338 e. The van der Waals surface area contributed by atoms with Crippen LogP contribution < -0.4 is 10.6 Å². The third kappa shape index (κ3) is 4.52. The molecule has 0 bridgehead atoms. The summed E-state index contributed by atoms with van der Waals surface area (Å²) in [6.45, 7) is 1.03. The van der Waals surface area contributed by atoms with Gasteiger partial charge in [0.15, 0.2) is 0 Å². The van der Waals surface area contributed by atoms with E-state index in [-0.39, 0.29) is 6.03 Å². The molecule has 2 amide bonds. The summed E-state index contributed by atoms with van der Waals surface area (Å²) in [6.07, 6.45) is 0. The lowest BCUT2D eigenvalue weighted by Gasteiger charge is -2.31. The van der Waals surface area contributed by atoms with Gasteiger partial charge in [-0.2, -0.15) is 0 Å². The van der Waals surface area contributed by atoms with Gasteiger partial charge in [-0.1, -0.05) is 60.1 Å². The van der Waals surface area contributed by atoms with Crippen LogP contribution in [0.1, 0.15) is 17.2 Å². The van der Waals surface area contributed by atoms with E-state index in [1.807, 2.05) is 48.3 Å². The fourth-order valence-corrected chi connectivity index (χ4v) is 3.50. The number of nitrogens with zero attached hydrogens (tertiary/aromatic N) is 1. The zero-order chi connectivity index (χ0) is 20.1. The SMILES string of the molecule is COC(=O)C1=C(CN(C)Cc2ccccc2)NC(=O)N[C@@H]1c1ccccc1Cl. The maximum atomic E-state index is 12.6. The fourth-order valence-electron chi connectivity index (χ4n) is 3.26. The number of benzene rings is 2. The van der Waals surface area contributed by atoms with Crippen LogP contribution in [0.2, 0.25) is 5.02 Å². The number of esters is 1. The molecule has 7 heteroatoms. The summed E-state index contributed by atoms with van der Waals surface area (Å²) in [4.78, 5) is 26.9. The van der Waals surface area contributed by atoms with Gasteiger partial charge < -0.3 is 15.4 Å².